The summed E-state index contributed by atoms with van der Waals surface area (Å²) in [7, 11) is 0. The van der Waals surface area contributed by atoms with Gasteiger partial charge in [0.25, 0.3) is 0 Å². The van der Waals surface area contributed by atoms with E-state index in [0.717, 1.165) is 12.7 Å². The second-order valence-corrected chi connectivity index (χ2v) is 4.27. The van der Waals surface area contributed by atoms with Gasteiger partial charge in [-0.05, 0) is 17.7 Å². The van der Waals surface area contributed by atoms with Crippen molar-refractivity contribution < 1.29 is 9.53 Å². The third-order valence-electron chi connectivity index (χ3n) is 2.60. The zero-order valence-electron chi connectivity index (χ0n) is 9.80. The van der Waals surface area contributed by atoms with Gasteiger partial charge in [-0.2, -0.15) is 0 Å². The lowest BCUT2D eigenvalue weighted by molar-refractivity contribution is 0.111. The van der Waals surface area contributed by atoms with Crippen LogP contribution in [0.15, 0.2) is 48.5 Å². The second-order valence-electron chi connectivity index (χ2n) is 3.86. The van der Waals surface area contributed by atoms with Gasteiger partial charge in [0, 0.05) is 6.42 Å². The molecular weight excluding hydrogens is 248 g/mol. The van der Waals surface area contributed by atoms with Gasteiger partial charge in [0.2, 0.25) is 0 Å². The zero-order chi connectivity index (χ0) is 12.8. The fourth-order valence-electron chi connectivity index (χ4n) is 1.69. The van der Waals surface area contributed by atoms with E-state index in [0.29, 0.717) is 22.9 Å². The summed E-state index contributed by atoms with van der Waals surface area (Å²) >= 11 is 6.01. The molecule has 0 saturated heterocycles. The standard InChI is InChI=1S/C15H13ClO2/c16-14-8-4-7-13(11-17)15(14)18-10-9-12-5-2-1-3-6-12/h1-8,11H,9-10H2. The Morgan fingerprint density at radius 2 is 1.83 bits per heavy atom. The van der Waals surface area contributed by atoms with E-state index in [1.165, 1.54) is 5.56 Å². The van der Waals surface area contributed by atoms with Crippen LogP contribution in [0.4, 0.5) is 0 Å². The molecule has 2 aromatic rings. The number of rotatable bonds is 5. The predicted molar refractivity (Wildman–Crippen MR) is 72.5 cm³/mol. The molecule has 0 bridgehead atoms. The fourth-order valence-corrected chi connectivity index (χ4v) is 1.92. The molecule has 18 heavy (non-hydrogen) atoms. The van der Waals surface area contributed by atoms with Crippen molar-refractivity contribution in [1.29, 1.82) is 0 Å². The first-order valence-corrected chi connectivity index (χ1v) is 6.09. The Balaban J connectivity index is 2.00. The van der Waals surface area contributed by atoms with E-state index in [1.807, 2.05) is 30.3 Å². The van der Waals surface area contributed by atoms with E-state index in [-0.39, 0.29) is 0 Å². The normalized spacial score (nSPS) is 10.1. The lowest BCUT2D eigenvalue weighted by Crippen LogP contribution is -2.03. The summed E-state index contributed by atoms with van der Waals surface area (Å²) < 4.78 is 5.60. The number of carbonyl (C=O) groups excluding carboxylic acids is 1. The van der Waals surface area contributed by atoms with Crippen LogP contribution in [0.2, 0.25) is 5.02 Å². The van der Waals surface area contributed by atoms with Crippen LogP contribution in [0.5, 0.6) is 5.75 Å². The summed E-state index contributed by atoms with van der Waals surface area (Å²) in [5.74, 6) is 0.463. The lowest BCUT2D eigenvalue weighted by Gasteiger charge is -2.10. The van der Waals surface area contributed by atoms with E-state index in [2.05, 4.69) is 0 Å². The number of benzene rings is 2. The predicted octanol–water partition coefficient (Wildman–Crippen LogP) is 3.77. The highest BCUT2D eigenvalue weighted by molar-refractivity contribution is 6.32. The number of para-hydroxylation sites is 1. The van der Waals surface area contributed by atoms with Gasteiger partial charge in [0.05, 0.1) is 17.2 Å². The van der Waals surface area contributed by atoms with Gasteiger partial charge in [0.1, 0.15) is 5.75 Å². The van der Waals surface area contributed by atoms with Crippen molar-refractivity contribution in [3.05, 3.63) is 64.7 Å². The van der Waals surface area contributed by atoms with E-state index >= 15 is 0 Å². The minimum Gasteiger partial charge on any atom is -0.491 e. The van der Waals surface area contributed by atoms with E-state index in [1.54, 1.807) is 18.2 Å². The first-order valence-electron chi connectivity index (χ1n) is 5.71. The van der Waals surface area contributed by atoms with Crippen LogP contribution in [0.1, 0.15) is 15.9 Å². The fraction of sp³-hybridized carbons (Fsp3) is 0.133. The molecule has 2 aromatic carbocycles. The molecule has 92 valence electrons. The Kier molecular flexibility index (Phi) is 4.37. The first kappa shape index (κ1) is 12.7. The quantitative estimate of drug-likeness (QED) is 0.765. The Morgan fingerprint density at radius 1 is 1.06 bits per heavy atom. The maximum Gasteiger partial charge on any atom is 0.153 e. The number of halogens is 1. The van der Waals surface area contributed by atoms with Crippen molar-refractivity contribution in [2.24, 2.45) is 0 Å². The number of ether oxygens (including phenoxy) is 1. The number of hydrogen-bond donors (Lipinski definition) is 0. The monoisotopic (exact) mass is 260 g/mol. The molecule has 0 aliphatic carbocycles. The van der Waals surface area contributed by atoms with Crippen LogP contribution in [0, 0.1) is 0 Å². The van der Waals surface area contributed by atoms with Crippen molar-refractivity contribution >= 4 is 17.9 Å². The third kappa shape index (κ3) is 3.11. The van der Waals surface area contributed by atoms with Gasteiger partial charge >= 0.3 is 0 Å². The molecular formula is C15H13ClO2. The highest BCUT2D eigenvalue weighted by atomic mass is 35.5. The average Bonchev–Trinajstić information content (AvgIpc) is 2.41. The number of aldehydes is 1. The number of carbonyl (C=O) groups is 1. The largest absolute Gasteiger partial charge is 0.491 e. The average molecular weight is 261 g/mol. The molecule has 2 nitrogen and oxygen atoms in total. The molecule has 2 rings (SSSR count). The summed E-state index contributed by atoms with van der Waals surface area (Å²) in [5, 5.41) is 0.465. The van der Waals surface area contributed by atoms with Gasteiger partial charge < -0.3 is 4.74 Å². The maximum absolute atomic E-state index is 10.9. The van der Waals surface area contributed by atoms with Crippen molar-refractivity contribution in [2.45, 2.75) is 6.42 Å². The molecule has 0 unspecified atom stereocenters. The zero-order valence-corrected chi connectivity index (χ0v) is 10.6. The smallest absolute Gasteiger partial charge is 0.153 e. The first-order chi connectivity index (χ1) is 8.81. The molecule has 0 aliphatic heterocycles. The van der Waals surface area contributed by atoms with Gasteiger partial charge in [-0.25, -0.2) is 0 Å². The molecule has 0 fully saturated rings. The summed E-state index contributed by atoms with van der Waals surface area (Å²) in [4.78, 5) is 10.9. The topological polar surface area (TPSA) is 26.3 Å². The molecule has 0 radical (unpaired) electrons. The van der Waals surface area contributed by atoms with Crippen molar-refractivity contribution in [3.63, 3.8) is 0 Å². The van der Waals surface area contributed by atoms with Crippen LogP contribution in [-0.2, 0) is 6.42 Å². The summed E-state index contributed by atoms with van der Waals surface area (Å²) in [6.07, 6.45) is 1.54. The van der Waals surface area contributed by atoms with Crippen LogP contribution >= 0.6 is 11.6 Å². The molecule has 0 aromatic heterocycles. The van der Waals surface area contributed by atoms with Gasteiger partial charge in [-0.3, -0.25) is 4.79 Å². The van der Waals surface area contributed by atoms with Gasteiger partial charge in [0.15, 0.2) is 6.29 Å². The van der Waals surface area contributed by atoms with Crippen molar-refractivity contribution in [1.82, 2.24) is 0 Å². The van der Waals surface area contributed by atoms with Crippen molar-refractivity contribution in [3.8, 4) is 5.75 Å². The molecule has 0 heterocycles. The third-order valence-corrected chi connectivity index (χ3v) is 2.90. The highest BCUT2D eigenvalue weighted by Crippen LogP contribution is 2.27. The minimum atomic E-state index is 0.463. The van der Waals surface area contributed by atoms with Crippen LogP contribution in [0.25, 0.3) is 0 Å². The van der Waals surface area contributed by atoms with Crippen LogP contribution < -0.4 is 4.74 Å². The van der Waals surface area contributed by atoms with Crippen LogP contribution in [-0.4, -0.2) is 12.9 Å². The van der Waals surface area contributed by atoms with E-state index in [9.17, 15) is 4.79 Å². The molecule has 3 heteroatoms. The molecule has 0 atom stereocenters. The molecule has 0 amide bonds. The Hall–Kier alpha value is -1.80. The molecule has 0 N–H and O–H groups in total. The summed E-state index contributed by atoms with van der Waals surface area (Å²) in [5.41, 5.74) is 1.67. The molecule has 0 saturated carbocycles. The Morgan fingerprint density at radius 3 is 2.56 bits per heavy atom. The van der Waals surface area contributed by atoms with Gasteiger partial charge in [-0.15, -0.1) is 0 Å². The number of hydrogen-bond acceptors (Lipinski definition) is 2. The second kappa shape index (κ2) is 6.22. The molecule has 0 spiro atoms. The van der Waals surface area contributed by atoms with Crippen molar-refractivity contribution in [2.75, 3.05) is 6.61 Å². The minimum absolute atomic E-state index is 0.463. The molecule has 0 aliphatic rings. The Labute approximate surface area is 111 Å². The van der Waals surface area contributed by atoms with E-state index in [4.69, 9.17) is 16.3 Å². The highest BCUT2D eigenvalue weighted by Gasteiger charge is 2.07. The van der Waals surface area contributed by atoms with E-state index < -0.39 is 0 Å². The summed E-state index contributed by atoms with van der Waals surface area (Å²) in [6, 6.07) is 15.2. The maximum atomic E-state index is 10.9. The SMILES string of the molecule is O=Cc1cccc(Cl)c1OCCc1ccccc1. The van der Waals surface area contributed by atoms with Crippen LogP contribution in [0.3, 0.4) is 0 Å². The lowest BCUT2D eigenvalue weighted by atomic mass is 10.2. The Bertz CT molecular complexity index is 523. The summed E-state index contributed by atoms with van der Waals surface area (Å²) in [6.45, 7) is 0.495. The van der Waals surface area contributed by atoms with Gasteiger partial charge in [-0.1, -0.05) is 48.0 Å².